The Balaban J connectivity index is 1.45. The lowest BCUT2D eigenvalue weighted by atomic mass is 9.47. The van der Waals surface area contributed by atoms with Crippen LogP contribution in [-0.2, 0) is 4.79 Å². The fourth-order valence-electron chi connectivity index (χ4n) is 9.02. The van der Waals surface area contributed by atoms with Gasteiger partial charge in [-0.2, -0.15) is 0 Å². The third-order valence-corrected chi connectivity index (χ3v) is 12.1. The summed E-state index contributed by atoms with van der Waals surface area (Å²) in [5.41, 5.74) is 2.73. The van der Waals surface area contributed by atoms with Crippen LogP contribution in [0.5, 0.6) is 0 Å². The van der Waals surface area contributed by atoms with Gasteiger partial charge in [-0.05, 0) is 97.7 Å². The maximum absolute atomic E-state index is 12.0. The van der Waals surface area contributed by atoms with Crippen molar-refractivity contribution in [2.24, 2.45) is 46.3 Å². The summed E-state index contributed by atoms with van der Waals surface area (Å²) in [5.74, 6) is 5.45. The van der Waals surface area contributed by atoms with Crippen molar-refractivity contribution < 1.29 is 4.79 Å². The highest BCUT2D eigenvalue weighted by Gasteiger charge is 2.59. The van der Waals surface area contributed by atoms with E-state index >= 15 is 0 Å². The molecule has 32 heavy (non-hydrogen) atoms. The molecule has 0 aromatic carbocycles. The lowest BCUT2D eigenvalue weighted by molar-refractivity contribution is -0.110. The second kappa shape index (κ2) is 9.79. The molecule has 0 amide bonds. The van der Waals surface area contributed by atoms with Crippen molar-refractivity contribution in [3.63, 3.8) is 0 Å². The smallest absolute Gasteiger partial charge is 0.188 e. The van der Waals surface area contributed by atoms with Gasteiger partial charge in [0.2, 0.25) is 0 Å². The minimum absolute atomic E-state index is 0.390. The van der Waals surface area contributed by atoms with Gasteiger partial charge in [0.1, 0.15) is 0 Å². The van der Waals surface area contributed by atoms with Crippen molar-refractivity contribution in [3.05, 3.63) is 11.6 Å². The van der Waals surface area contributed by atoms with Gasteiger partial charge >= 0.3 is 0 Å². The number of hydrogen-bond donors (Lipinski definition) is 0. The van der Waals surface area contributed by atoms with Crippen molar-refractivity contribution in [2.45, 2.75) is 124 Å². The van der Waals surface area contributed by atoms with Gasteiger partial charge in [0, 0.05) is 11.7 Å². The van der Waals surface area contributed by atoms with Gasteiger partial charge in [-0.25, -0.2) is 0 Å². The first kappa shape index (κ1) is 24.9. The van der Waals surface area contributed by atoms with Crippen molar-refractivity contribution >= 4 is 16.9 Å². The van der Waals surface area contributed by atoms with E-state index in [1.54, 1.807) is 17.3 Å². The van der Waals surface area contributed by atoms with Crippen LogP contribution in [0.15, 0.2) is 11.6 Å². The lowest BCUT2D eigenvalue weighted by Crippen LogP contribution is -2.50. The summed E-state index contributed by atoms with van der Waals surface area (Å²) in [4.78, 5) is 12.0. The van der Waals surface area contributed by atoms with Gasteiger partial charge in [-0.3, -0.25) is 4.79 Å². The standard InChI is InChI=1S/C30H50OS/c1-7-28(31)32-23-15-17-29(5)22(19-23)11-12-24-26-14-13-25(21(4)10-8-9-20(2)3)30(26,6)18-16-27(24)29/h11,20-21,23-27H,7-10,12-19H2,1-6H3/t21-,23-,24+,25-,26+,27+,29+,30-/m1/s1. The van der Waals surface area contributed by atoms with Crippen LogP contribution in [0.3, 0.4) is 0 Å². The highest BCUT2D eigenvalue weighted by molar-refractivity contribution is 8.14. The Morgan fingerprint density at radius 1 is 1.06 bits per heavy atom. The molecule has 0 spiro atoms. The minimum atomic E-state index is 0.390. The van der Waals surface area contributed by atoms with Crippen molar-refractivity contribution in [1.82, 2.24) is 0 Å². The molecule has 0 bridgehead atoms. The van der Waals surface area contributed by atoms with Gasteiger partial charge < -0.3 is 0 Å². The molecule has 0 saturated heterocycles. The summed E-state index contributed by atoms with van der Waals surface area (Å²) in [7, 11) is 0. The lowest BCUT2D eigenvalue weighted by Gasteiger charge is -2.58. The minimum Gasteiger partial charge on any atom is -0.287 e. The van der Waals surface area contributed by atoms with Crippen molar-refractivity contribution in [1.29, 1.82) is 0 Å². The monoisotopic (exact) mass is 458 g/mol. The molecule has 0 N–H and O–H groups in total. The molecule has 182 valence electrons. The number of carbonyl (C=O) groups excluding carboxylic acids is 1. The second-order valence-electron chi connectivity index (χ2n) is 13.0. The molecule has 4 rings (SSSR count). The van der Waals surface area contributed by atoms with Crippen LogP contribution in [0.4, 0.5) is 0 Å². The largest absolute Gasteiger partial charge is 0.287 e. The molecule has 0 unspecified atom stereocenters. The summed E-state index contributed by atoms with van der Waals surface area (Å²) in [6.07, 6.45) is 18.6. The fraction of sp³-hybridized carbons (Fsp3) is 0.900. The predicted molar refractivity (Wildman–Crippen MR) is 140 cm³/mol. The highest BCUT2D eigenvalue weighted by Crippen LogP contribution is 2.67. The van der Waals surface area contributed by atoms with E-state index in [0.717, 1.165) is 35.5 Å². The Labute approximate surface area is 203 Å². The molecule has 4 aliphatic rings. The molecule has 2 heteroatoms. The summed E-state index contributed by atoms with van der Waals surface area (Å²) < 4.78 is 0. The van der Waals surface area contributed by atoms with Crippen molar-refractivity contribution in [3.8, 4) is 0 Å². The Bertz CT molecular complexity index is 710. The van der Waals surface area contributed by atoms with Crippen LogP contribution in [-0.4, -0.2) is 10.4 Å². The first-order valence-corrected chi connectivity index (χ1v) is 15.0. The molecular formula is C30H50OS. The zero-order valence-electron chi connectivity index (χ0n) is 21.9. The zero-order valence-corrected chi connectivity index (χ0v) is 22.7. The van der Waals surface area contributed by atoms with Crippen LogP contribution in [0, 0.1) is 46.3 Å². The van der Waals surface area contributed by atoms with E-state index in [4.69, 9.17) is 0 Å². The maximum Gasteiger partial charge on any atom is 0.188 e. The van der Waals surface area contributed by atoms with Crippen LogP contribution >= 0.6 is 11.8 Å². The molecule has 8 atom stereocenters. The van der Waals surface area contributed by atoms with E-state index in [1.807, 2.05) is 6.92 Å². The van der Waals surface area contributed by atoms with E-state index in [2.05, 4.69) is 40.7 Å². The zero-order chi connectivity index (χ0) is 23.1. The van der Waals surface area contributed by atoms with E-state index in [9.17, 15) is 4.79 Å². The van der Waals surface area contributed by atoms with E-state index in [-0.39, 0.29) is 0 Å². The van der Waals surface area contributed by atoms with Crippen molar-refractivity contribution in [2.75, 3.05) is 0 Å². The Kier molecular flexibility index (Phi) is 7.61. The second-order valence-corrected chi connectivity index (χ2v) is 14.4. The fourth-order valence-corrected chi connectivity index (χ4v) is 10.1. The molecule has 1 nitrogen and oxygen atoms in total. The molecule has 0 aromatic heterocycles. The van der Waals surface area contributed by atoms with Gasteiger partial charge in [-0.15, -0.1) is 0 Å². The molecular weight excluding hydrogens is 408 g/mol. The van der Waals surface area contributed by atoms with Gasteiger partial charge in [0.05, 0.1) is 0 Å². The molecule has 3 saturated carbocycles. The summed E-state index contributed by atoms with van der Waals surface area (Å²) in [6.45, 7) is 14.7. The van der Waals surface area contributed by atoms with Crippen LogP contribution in [0.1, 0.15) is 119 Å². The molecule has 0 heterocycles. The number of rotatable bonds is 7. The quantitative estimate of drug-likeness (QED) is 0.354. The van der Waals surface area contributed by atoms with Crippen LogP contribution < -0.4 is 0 Å². The first-order valence-electron chi connectivity index (χ1n) is 14.1. The van der Waals surface area contributed by atoms with Gasteiger partial charge in [-0.1, -0.05) is 84.2 Å². The molecule has 0 radical (unpaired) electrons. The van der Waals surface area contributed by atoms with Crippen LogP contribution in [0.25, 0.3) is 0 Å². The first-order chi connectivity index (χ1) is 15.2. The number of hydrogen-bond acceptors (Lipinski definition) is 2. The normalized spacial score (nSPS) is 42.1. The number of allylic oxidation sites excluding steroid dienone is 2. The summed E-state index contributed by atoms with van der Waals surface area (Å²) >= 11 is 1.65. The molecule has 0 aliphatic heterocycles. The van der Waals surface area contributed by atoms with Gasteiger partial charge in [0.25, 0.3) is 0 Å². The van der Waals surface area contributed by atoms with E-state index in [1.165, 1.54) is 70.6 Å². The average molecular weight is 459 g/mol. The molecule has 4 aliphatic carbocycles. The average Bonchev–Trinajstić information content (AvgIpc) is 3.11. The predicted octanol–water partition coefficient (Wildman–Crippen LogP) is 9.07. The Hall–Kier alpha value is -0.240. The summed E-state index contributed by atoms with van der Waals surface area (Å²) in [5, 5.41) is 0.926. The van der Waals surface area contributed by atoms with E-state index < -0.39 is 0 Å². The number of thioether (sulfide) groups is 1. The SMILES string of the molecule is CCC(=O)S[C@@H]1CC[C@@]2(C)C(=CC[C@H]3[C@@H]4CC[C@H]([C@H](C)CCCC(C)C)[C@@]4(C)CC[C@@H]32)C1. The third-order valence-electron chi connectivity index (χ3n) is 10.8. The van der Waals surface area contributed by atoms with Gasteiger partial charge in [0.15, 0.2) is 5.12 Å². The molecule has 0 aromatic rings. The Morgan fingerprint density at radius 3 is 2.56 bits per heavy atom. The van der Waals surface area contributed by atoms with Crippen LogP contribution in [0.2, 0.25) is 0 Å². The summed E-state index contributed by atoms with van der Waals surface area (Å²) in [6, 6.07) is 0. The topological polar surface area (TPSA) is 17.1 Å². The number of fused-ring (bicyclic) bond motifs is 5. The highest BCUT2D eigenvalue weighted by atomic mass is 32.2. The third kappa shape index (κ3) is 4.52. The number of carbonyl (C=O) groups is 1. The maximum atomic E-state index is 12.0. The molecule has 3 fully saturated rings. The van der Waals surface area contributed by atoms with E-state index in [0.29, 0.717) is 27.6 Å². The Morgan fingerprint density at radius 2 is 1.84 bits per heavy atom.